The fourth-order valence-corrected chi connectivity index (χ4v) is 2.81. The first-order valence-electron chi connectivity index (χ1n) is 12.3. The number of carbonyl (C=O) groups is 2. The number of ether oxygens (including phenoxy) is 2. The van der Waals surface area contributed by atoms with Gasteiger partial charge in [0.05, 0.1) is 5.56 Å². The molecule has 5 heteroatoms. The second kappa shape index (κ2) is 21.1. The maximum Gasteiger partial charge on any atom is 0.342 e. The fourth-order valence-electron chi connectivity index (χ4n) is 2.81. The summed E-state index contributed by atoms with van der Waals surface area (Å²) in [6.45, 7) is 3.66. The quantitative estimate of drug-likeness (QED) is 0.131. The number of nitrogens with zero attached hydrogens (tertiary/aromatic N) is 1. The van der Waals surface area contributed by atoms with Crippen LogP contribution in [0.2, 0.25) is 0 Å². The Labute approximate surface area is 210 Å². The lowest BCUT2D eigenvalue weighted by atomic mass is 10.2. The van der Waals surface area contributed by atoms with E-state index in [-0.39, 0.29) is 6.42 Å². The van der Waals surface area contributed by atoms with Gasteiger partial charge in [0.25, 0.3) is 0 Å². The maximum absolute atomic E-state index is 11.9. The van der Waals surface area contributed by atoms with E-state index in [0.717, 1.165) is 38.5 Å². The van der Waals surface area contributed by atoms with Crippen LogP contribution in [0.3, 0.4) is 0 Å². The van der Waals surface area contributed by atoms with Gasteiger partial charge in [0.2, 0.25) is 6.29 Å². The minimum Gasteiger partial charge on any atom is -0.425 e. The van der Waals surface area contributed by atoms with Crippen LogP contribution in [0, 0.1) is 0 Å². The van der Waals surface area contributed by atoms with Crippen LogP contribution in [0.1, 0.15) is 75.6 Å². The van der Waals surface area contributed by atoms with E-state index in [1.165, 1.54) is 13.1 Å². The molecule has 1 aromatic rings. The Balaban J connectivity index is 2.04. The van der Waals surface area contributed by atoms with Gasteiger partial charge in [0.15, 0.2) is 0 Å². The summed E-state index contributed by atoms with van der Waals surface area (Å²) in [7, 11) is 0. The Kier molecular flexibility index (Phi) is 17.8. The standard InChI is InChI=1S/C30H39NO4/c1-3-4-5-6-7-8-9-10-11-12-13-14-15-16-17-18-19-20-21-24-29(32)34-27(2)35-30(33)28-23-22-25-31-26-28/h4-5,7-8,10-11,13-14,16-17,19-20,22-23,25-27H,3,6,9,12,15,18,21,24H2,1-2H3. The zero-order valence-corrected chi connectivity index (χ0v) is 21.1. The van der Waals surface area contributed by atoms with E-state index in [0.29, 0.717) is 12.0 Å². The number of allylic oxidation sites excluding steroid dienone is 12. The molecule has 1 rings (SSSR count). The van der Waals surface area contributed by atoms with E-state index in [4.69, 9.17) is 9.47 Å². The molecule has 188 valence electrons. The van der Waals surface area contributed by atoms with Crippen LogP contribution >= 0.6 is 0 Å². The molecule has 0 amide bonds. The van der Waals surface area contributed by atoms with Gasteiger partial charge in [-0.2, -0.15) is 0 Å². The average molecular weight is 478 g/mol. The van der Waals surface area contributed by atoms with Crippen molar-refractivity contribution in [2.75, 3.05) is 0 Å². The molecular formula is C30H39NO4. The van der Waals surface area contributed by atoms with Crippen molar-refractivity contribution in [3.63, 3.8) is 0 Å². The lowest BCUT2D eigenvalue weighted by Gasteiger charge is -2.13. The Hall–Kier alpha value is -3.47. The molecule has 1 aromatic heterocycles. The normalized spacial score (nSPS) is 13.2. The molecule has 5 nitrogen and oxygen atoms in total. The Morgan fingerprint density at radius 1 is 0.800 bits per heavy atom. The number of rotatable bonds is 17. The van der Waals surface area contributed by atoms with Crippen LogP contribution in [0.4, 0.5) is 0 Å². The van der Waals surface area contributed by atoms with Crippen LogP contribution in [-0.2, 0) is 14.3 Å². The van der Waals surface area contributed by atoms with E-state index in [9.17, 15) is 9.59 Å². The van der Waals surface area contributed by atoms with Gasteiger partial charge in [-0.3, -0.25) is 9.78 Å². The van der Waals surface area contributed by atoms with Crippen LogP contribution in [0.15, 0.2) is 97.4 Å². The second-order valence-electron chi connectivity index (χ2n) is 7.66. The number of aromatic nitrogens is 1. The first-order valence-corrected chi connectivity index (χ1v) is 12.3. The van der Waals surface area contributed by atoms with Crippen molar-refractivity contribution in [1.29, 1.82) is 0 Å². The molecular weight excluding hydrogens is 438 g/mol. The SMILES string of the molecule is CCC=CCC=CCC=CCC=CCC=CCC=CCCC(=O)OC(C)OC(=O)c1cccnc1. The van der Waals surface area contributed by atoms with Gasteiger partial charge in [-0.15, -0.1) is 0 Å². The summed E-state index contributed by atoms with van der Waals surface area (Å²) in [5, 5.41) is 0. The molecule has 0 fully saturated rings. The van der Waals surface area contributed by atoms with Gasteiger partial charge < -0.3 is 9.47 Å². The molecule has 1 heterocycles. The van der Waals surface area contributed by atoms with Gasteiger partial charge in [-0.1, -0.05) is 79.8 Å². The average Bonchev–Trinajstić information content (AvgIpc) is 2.85. The molecule has 0 saturated heterocycles. The van der Waals surface area contributed by atoms with Crippen molar-refractivity contribution in [2.45, 2.75) is 71.5 Å². The Morgan fingerprint density at radius 2 is 1.31 bits per heavy atom. The monoisotopic (exact) mass is 477 g/mol. The number of hydrogen-bond donors (Lipinski definition) is 0. The summed E-state index contributed by atoms with van der Waals surface area (Å²) in [5.41, 5.74) is 0.313. The molecule has 0 bridgehead atoms. The molecule has 0 aromatic carbocycles. The van der Waals surface area contributed by atoms with E-state index in [2.05, 4.69) is 72.7 Å². The fraction of sp³-hybridized carbons (Fsp3) is 0.367. The summed E-state index contributed by atoms with van der Waals surface area (Å²) in [6.07, 6.45) is 34.3. The van der Waals surface area contributed by atoms with Crippen molar-refractivity contribution >= 4 is 11.9 Å². The van der Waals surface area contributed by atoms with Crippen molar-refractivity contribution in [2.24, 2.45) is 0 Å². The molecule has 1 unspecified atom stereocenters. The van der Waals surface area contributed by atoms with Gasteiger partial charge >= 0.3 is 11.9 Å². The van der Waals surface area contributed by atoms with Gasteiger partial charge in [-0.05, 0) is 57.1 Å². The van der Waals surface area contributed by atoms with Crippen LogP contribution in [-0.4, -0.2) is 23.2 Å². The maximum atomic E-state index is 11.9. The first-order chi connectivity index (χ1) is 17.1. The molecule has 0 spiro atoms. The molecule has 35 heavy (non-hydrogen) atoms. The topological polar surface area (TPSA) is 65.5 Å². The third kappa shape index (κ3) is 17.6. The smallest absolute Gasteiger partial charge is 0.342 e. The predicted octanol–water partition coefficient (Wildman–Crippen LogP) is 7.61. The predicted molar refractivity (Wildman–Crippen MR) is 143 cm³/mol. The lowest BCUT2D eigenvalue weighted by Crippen LogP contribution is -2.21. The molecule has 1 atom stereocenters. The minimum absolute atomic E-state index is 0.233. The lowest BCUT2D eigenvalue weighted by molar-refractivity contribution is -0.165. The van der Waals surface area contributed by atoms with E-state index in [1.54, 1.807) is 18.3 Å². The number of hydrogen-bond acceptors (Lipinski definition) is 5. The van der Waals surface area contributed by atoms with Gasteiger partial charge in [0.1, 0.15) is 0 Å². The highest BCUT2D eigenvalue weighted by molar-refractivity contribution is 5.89. The highest BCUT2D eigenvalue weighted by Crippen LogP contribution is 2.06. The largest absolute Gasteiger partial charge is 0.425 e. The summed E-state index contributed by atoms with van der Waals surface area (Å²) in [6, 6.07) is 3.23. The highest BCUT2D eigenvalue weighted by atomic mass is 16.7. The highest BCUT2D eigenvalue weighted by Gasteiger charge is 2.15. The molecule has 0 saturated carbocycles. The van der Waals surface area contributed by atoms with Crippen molar-refractivity contribution in [1.82, 2.24) is 4.98 Å². The van der Waals surface area contributed by atoms with E-state index < -0.39 is 18.2 Å². The Bertz CT molecular complexity index is 879. The minimum atomic E-state index is -0.944. The third-order valence-electron chi connectivity index (χ3n) is 4.58. The summed E-state index contributed by atoms with van der Waals surface area (Å²) >= 11 is 0. The zero-order valence-electron chi connectivity index (χ0n) is 21.1. The zero-order chi connectivity index (χ0) is 25.4. The number of pyridine rings is 1. The number of esters is 2. The molecule has 0 N–H and O–H groups in total. The third-order valence-corrected chi connectivity index (χ3v) is 4.58. The van der Waals surface area contributed by atoms with Crippen LogP contribution in [0.25, 0.3) is 0 Å². The molecule has 0 aliphatic heterocycles. The van der Waals surface area contributed by atoms with Gasteiger partial charge in [0, 0.05) is 25.7 Å². The van der Waals surface area contributed by atoms with Crippen molar-refractivity contribution in [3.05, 3.63) is 103 Å². The molecule has 0 aliphatic rings. The Morgan fingerprint density at radius 3 is 1.80 bits per heavy atom. The van der Waals surface area contributed by atoms with Gasteiger partial charge in [-0.25, -0.2) is 4.79 Å². The number of carbonyl (C=O) groups excluding carboxylic acids is 2. The summed E-state index contributed by atoms with van der Waals surface area (Å²) in [5.74, 6) is -0.980. The summed E-state index contributed by atoms with van der Waals surface area (Å²) < 4.78 is 10.2. The van der Waals surface area contributed by atoms with Crippen LogP contribution in [0.5, 0.6) is 0 Å². The molecule has 0 aliphatic carbocycles. The van der Waals surface area contributed by atoms with Crippen LogP contribution < -0.4 is 0 Å². The van der Waals surface area contributed by atoms with E-state index in [1.807, 2.05) is 12.2 Å². The van der Waals surface area contributed by atoms with E-state index >= 15 is 0 Å². The first kappa shape index (κ1) is 29.6. The summed E-state index contributed by atoms with van der Waals surface area (Å²) in [4.78, 5) is 27.6. The van der Waals surface area contributed by atoms with Crippen molar-refractivity contribution < 1.29 is 19.1 Å². The molecule has 0 radical (unpaired) electrons. The second-order valence-corrected chi connectivity index (χ2v) is 7.66. The van der Waals surface area contributed by atoms with Crippen molar-refractivity contribution in [3.8, 4) is 0 Å².